The van der Waals surface area contributed by atoms with E-state index in [1.54, 1.807) is 6.92 Å². The fourth-order valence-electron chi connectivity index (χ4n) is 4.80. The first-order chi connectivity index (χ1) is 13.0. The summed E-state index contributed by atoms with van der Waals surface area (Å²) in [5.41, 5.74) is 2.49. The maximum atomic E-state index is 12.0. The predicted molar refractivity (Wildman–Crippen MR) is 105 cm³/mol. The second-order valence-electron chi connectivity index (χ2n) is 8.99. The summed E-state index contributed by atoms with van der Waals surface area (Å²) in [5, 5.41) is 0. The third-order valence-electron chi connectivity index (χ3n) is 6.81. The summed E-state index contributed by atoms with van der Waals surface area (Å²) in [6.45, 7) is 10.4. The molecule has 0 N–H and O–H groups in total. The SMILES string of the molecule is CC(=O)N1CC(COCC2CC2)C2(CCN(Cc3cccc(C)n3)CC2)C1. The van der Waals surface area contributed by atoms with Crippen LogP contribution in [0.1, 0.15) is 44.0 Å². The Balaban J connectivity index is 1.36. The molecule has 0 radical (unpaired) electrons. The Bertz CT molecular complexity index is 665. The molecule has 2 saturated heterocycles. The van der Waals surface area contributed by atoms with Gasteiger partial charge in [0.15, 0.2) is 0 Å². The molecule has 1 aliphatic carbocycles. The minimum absolute atomic E-state index is 0.213. The van der Waals surface area contributed by atoms with Crippen molar-refractivity contribution in [3.8, 4) is 0 Å². The van der Waals surface area contributed by atoms with Crippen LogP contribution in [0.4, 0.5) is 0 Å². The molecule has 1 aromatic rings. The van der Waals surface area contributed by atoms with Crippen LogP contribution in [0.25, 0.3) is 0 Å². The Morgan fingerprint density at radius 2 is 2.04 bits per heavy atom. The summed E-state index contributed by atoms with van der Waals surface area (Å²) in [6, 6.07) is 6.27. The summed E-state index contributed by atoms with van der Waals surface area (Å²) in [6.07, 6.45) is 4.97. The molecule has 4 rings (SSSR count). The molecule has 1 unspecified atom stereocenters. The van der Waals surface area contributed by atoms with E-state index in [0.29, 0.717) is 5.92 Å². The second-order valence-corrected chi connectivity index (χ2v) is 8.99. The highest BCUT2D eigenvalue weighted by Gasteiger charge is 2.48. The Morgan fingerprint density at radius 1 is 1.26 bits per heavy atom. The van der Waals surface area contributed by atoms with Gasteiger partial charge in [-0.1, -0.05) is 6.07 Å². The molecule has 3 fully saturated rings. The fourth-order valence-corrected chi connectivity index (χ4v) is 4.80. The van der Waals surface area contributed by atoms with Gasteiger partial charge in [-0.25, -0.2) is 0 Å². The van der Waals surface area contributed by atoms with Crippen molar-refractivity contribution in [3.05, 3.63) is 29.6 Å². The molecule has 27 heavy (non-hydrogen) atoms. The fraction of sp³-hybridized carbons (Fsp3) is 0.727. The van der Waals surface area contributed by atoms with E-state index in [1.807, 2.05) is 0 Å². The summed E-state index contributed by atoms with van der Waals surface area (Å²) in [7, 11) is 0. The number of amides is 1. The van der Waals surface area contributed by atoms with Crippen LogP contribution in [-0.4, -0.2) is 60.1 Å². The maximum Gasteiger partial charge on any atom is 0.219 e. The molecule has 1 aromatic heterocycles. The van der Waals surface area contributed by atoms with Crippen molar-refractivity contribution in [1.82, 2.24) is 14.8 Å². The van der Waals surface area contributed by atoms with Gasteiger partial charge in [-0.3, -0.25) is 14.7 Å². The van der Waals surface area contributed by atoms with E-state index >= 15 is 0 Å². The average molecular weight is 372 g/mol. The van der Waals surface area contributed by atoms with Crippen molar-refractivity contribution in [2.75, 3.05) is 39.4 Å². The van der Waals surface area contributed by atoms with Crippen LogP contribution < -0.4 is 0 Å². The Morgan fingerprint density at radius 3 is 2.70 bits per heavy atom. The van der Waals surface area contributed by atoms with E-state index in [0.717, 1.165) is 76.1 Å². The Kier molecular flexibility index (Phi) is 5.51. The Labute approximate surface area is 163 Å². The van der Waals surface area contributed by atoms with Crippen molar-refractivity contribution in [1.29, 1.82) is 0 Å². The van der Waals surface area contributed by atoms with Crippen molar-refractivity contribution < 1.29 is 9.53 Å². The number of pyridine rings is 1. The number of hydrogen-bond donors (Lipinski definition) is 0. The zero-order chi connectivity index (χ0) is 18.9. The first kappa shape index (κ1) is 18.9. The molecule has 0 aromatic carbocycles. The number of hydrogen-bond acceptors (Lipinski definition) is 4. The van der Waals surface area contributed by atoms with Crippen LogP contribution in [0.3, 0.4) is 0 Å². The molecule has 3 aliphatic rings. The maximum absolute atomic E-state index is 12.0. The first-order valence-electron chi connectivity index (χ1n) is 10.5. The monoisotopic (exact) mass is 371 g/mol. The number of carbonyl (C=O) groups excluding carboxylic acids is 1. The zero-order valence-electron chi connectivity index (χ0n) is 16.8. The van der Waals surface area contributed by atoms with E-state index in [9.17, 15) is 4.79 Å². The van der Waals surface area contributed by atoms with E-state index in [-0.39, 0.29) is 11.3 Å². The topological polar surface area (TPSA) is 45.7 Å². The smallest absolute Gasteiger partial charge is 0.219 e. The van der Waals surface area contributed by atoms with Crippen LogP contribution in [0.15, 0.2) is 18.2 Å². The highest BCUT2D eigenvalue weighted by Crippen LogP contribution is 2.45. The molecule has 5 nitrogen and oxygen atoms in total. The predicted octanol–water partition coefficient (Wildman–Crippen LogP) is 2.88. The van der Waals surface area contributed by atoms with Crippen LogP contribution in [-0.2, 0) is 16.1 Å². The van der Waals surface area contributed by atoms with E-state index in [4.69, 9.17) is 4.74 Å². The van der Waals surface area contributed by atoms with E-state index < -0.39 is 0 Å². The number of rotatable bonds is 6. The van der Waals surface area contributed by atoms with Gasteiger partial charge < -0.3 is 9.64 Å². The molecule has 2 aliphatic heterocycles. The minimum Gasteiger partial charge on any atom is -0.381 e. The number of nitrogens with zero attached hydrogens (tertiary/aromatic N) is 3. The molecular weight excluding hydrogens is 338 g/mol. The van der Waals surface area contributed by atoms with Gasteiger partial charge in [0.25, 0.3) is 0 Å². The lowest BCUT2D eigenvalue weighted by molar-refractivity contribution is -0.128. The van der Waals surface area contributed by atoms with Gasteiger partial charge in [-0.05, 0) is 69.2 Å². The molecule has 1 saturated carbocycles. The zero-order valence-corrected chi connectivity index (χ0v) is 16.8. The van der Waals surface area contributed by atoms with Gasteiger partial charge in [-0.2, -0.15) is 0 Å². The van der Waals surface area contributed by atoms with Gasteiger partial charge >= 0.3 is 0 Å². The standard InChI is InChI=1S/C22H33N3O2/c1-17-4-3-5-21(23-17)13-24-10-8-22(9-11-24)16-25(18(2)26)12-20(22)15-27-14-19-6-7-19/h3-5,19-20H,6-16H2,1-2H3. The summed E-state index contributed by atoms with van der Waals surface area (Å²) >= 11 is 0. The van der Waals surface area contributed by atoms with Crippen molar-refractivity contribution >= 4 is 5.91 Å². The largest absolute Gasteiger partial charge is 0.381 e. The minimum atomic E-state index is 0.213. The number of aryl methyl sites for hydroxylation is 1. The van der Waals surface area contributed by atoms with Gasteiger partial charge in [0.1, 0.15) is 0 Å². The first-order valence-corrected chi connectivity index (χ1v) is 10.5. The number of carbonyl (C=O) groups is 1. The number of piperidine rings is 1. The summed E-state index contributed by atoms with van der Waals surface area (Å²) in [5.74, 6) is 1.50. The summed E-state index contributed by atoms with van der Waals surface area (Å²) in [4.78, 5) is 21.2. The Hall–Kier alpha value is -1.46. The normalized spacial score (nSPS) is 25.3. The number of ether oxygens (including phenoxy) is 1. The molecule has 1 amide bonds. The van der Waals surface area contributed by atoms with Gasteiger partial charge in [0.2, 0.25) is 5.91 Å². The van der Waals surface area contributed by atoms with E-state index in [2.05, 4.69) is 39.9 Å². The van der Waals surface area contributed by atoms with Crippen molar-refractivity contribution in [2.45, 2.75) is 46.1 Å². The van der Waals surface area contributed by atoms with Gasteiger partial charge in [0.05, 0.1) is 12.3 Å². The van der Waals surface area contributed by atoms with Crippen molar-refractivity contribution in [3.63, 3.8) is 0 Å². The third-order valence-corrected chi connectivity index (χ3v) is 6.81. The lowest BCUT2D eigenvalue weighted by Crippen LogP contribution is -2.45. The average Bonchev–Trinajstić information content (AvgIpc) is 3.39. The molecule has 3 heterocycles. The van der Waals surface area contributed by atoms with Crippen LogP contribution in [0.5, 0.6) is 0 Å². The number of likely N-dealkylation sites (tertiary alicyclic amines) is 2. The van der Waals surface area contributed by atoms with Gasteiger partial charge in [0, 0.05) is 44.8 Å². The lowest BCUT2D eigenvalue weighted by Gasteiger charge is -2.42. The lowest BCUT2D eigenvalue weighted by atomic mass is 9.71. The van der Waals surface area contributed by atoms with Crippen LogP contribution in [0, 0.1) is 24.2 Å². The third kappa shape index (κ3) is 4.52. The molecule has 1 atom stereocenters. The van der Waals surface area contributed by atoms with Crippen molar-refractivity contribution in [2.24, 2.45) is 17.3 Å². The van der Waals surface area contributed by atoms with Crippen LogP contribution in [0.2, 0.25) is 0 Å². The number of aromatic nitrogens is 1. The highest BCUT2D eigenvalue weighted by molar-refractivity contribution is 5.73. The van der Waals surface area contributed by atoms with Crippen LogP contribution >= 0.6 is 0 Å². The second kappa shape index (κ2) is 7.88. The quantitative estimate of drug-likeness (QED) is 0.771. The molecule has 5 heteroatoms. The molecule has 1 spiro atoms. The molecule has 148 valence electrons. The molecular formula is C22H33N3O2. The molecule has 0 bridgehead atoms. The van der Waals surface area contributed by atoms with E-state index in [1.165, 1.54) is 12.8 Å². The highest BCUT2D eigenvalue weighted by atomic mass is 16.5. The summed E-state index contributed by atoms with van der Waals surface area (Å²) < 4.78 is 6.07. The van der Waals surface area contributed by atoms with Gasteiger partial charge in [-0.15, -0.1) is 0 Å².